The van der Waals surface area contributed by atoms with E-state index in [1.54, 1.807) is 12.3 Å². The fourth-order valence-corrected chi connectivity index (χ4v) is 5.64. The molecule has 2 heterocycles. The van der Waals surface area contributed by atoms with Gasteiger partial charge >= 0.3 is 5.97 Å². The van der Waals surface area contributed by atoms with Crippen LogP contribution in [0.15, 0.2) is 77.8 Å². The van der Waals surface area contributed by atoms with Gasteiger partial charge < -0.3 is 15.4 Å². The van der Waals surface area contributed by atoms with Crippen molar-refractivity contribution in [1.29, 1.82) is 0 Å². The highest BCUT2D eigenvalue weighted by Crippen LogP contribution is 2.41. The van der Waals surface area contributed by atoms with Crippen LogP contribution in [-0.4, -0.2) is 39.0 Å². The lowest BCUT2D eigenvalue weighted by Gasteiger charge is -2.42. The molecule has 1 aliphatic heterocycles. The second-order valence-corrected chi connectivity index (χ2v) is 11.5. The number of fused-ring (bicyclic) bond motifs is 1. The topological polar surface area (TPSA) is 84.0 Å². The predicted molar refractivity (Wildman–Crippen MR) is 151 cm³/mol. The van der Waals surface area contributed by atoms with Crippen molar-refractivity contribution in [3.05, 3.63) is 83.8 Å². The predicted octanol–water partition coefficient (Wildman–Crippen LogP) is 5.79. The number of pyridine rings is 1. The average Bonchev–Trinajstić information content (AvgIpc) is 3.54. The van der Waals surface area contributed by atoms with Crippen molar-refractivity contribution in [3.63, 3.8) is 0 Å². The molecule has 1 fully saturated rings. The number of carbonyl (C=O) groups excluding carboxylic acids is 1. The molecule has 1 aromatic carbocycles. The summed E-state index contributed by atoms with van der Waals surface area (Å²) >= 11 is 0. The summed E-state index contributed by atoms with van der Waals surface area (Å²) in [6, 6.07) is 11.9. The Morgan fingerprint density at radius 1 is 1.21 bits per heavy atom. The molecule has 2 atom stereocenters. The molecule has 0 amide bonds. The molecule has 0 saturated heterocycles. The second kappa shape index (κ2) is 10.4. The molecule has 0 radical (unpaired) electrons. The van der Waals surface area contributed by atoms with Gasteiger partial charge in [-0.3, -0.25) is 9.99 Å². The minimum Gasteiger partial charge on any atom is -0.456 e. The van der Waals surface area contributed by atoms with E-state index >= 15 is 0 Å². The number of hydrogen-bond acceptors (Lipinski definition) is 7. The molecule has 5 rings (SSSR count). The summed E-state index contributed by atoms with van der Waals surface area (Å²) < 4.78 is 5.65. The molecule has 7 nitrogen and oxygen atoms in total. The summed E-state index contributed by atoms with van der Waals surface area (Å²) in [5, 5.41) is 7.32. The third kappa shape index (κ3) is 5.39. The van der Waals surface area contributed by atoms with Crippen molar-refractivity contribution < 1.29 is 9.53 Å². The monoisotopic (exact) mass is 513 g/mol. The number of benzene rings is 1. The maximum Gasteiger partial charge on any atom is 0.338 e. The molecule has 2 aliphatic carbocycles. The van der Waals surface area contributed by atoms with E-state index in [4.69, 9.17) is 15.6 Å². The third-order valence-electron chi connectivity index (χ3n) is 7.47. The van der Waals surface area contributed by atoms with Gasteiger partial charge in [-0.15, -0.1) is 0 Å². The summed E-state index contributed by atoms with van der Waals surface area (Å²) in [6.07, 6.45) is 15.8. The lowest BCUT2D eigenvalue weighted by Crippen LogP contribution is -2.55. The molecule has 200 valence electrons. The number of aromatic nitrogens is 1. The first-order valence-corrected chi connectivity index (χ1v) is 13.7. The zero-order valence-corrected chi connectivity index (χ0v) is 22.9. The van der Waals surface area contributed by atoms with Crippen molar-refractivity contribution in [2.75, 3.05) is 4.90 Å². The Morgan fingerprint density at radius 2 is 2.00 bits per heavy atom. The van der Waals surface area contributed by atoms with Crippen molar-refractivity contribution in [2.45, 2.75) is 83.6 Å². The molecule has 7 heteroatoms. The van der Waals surface area contributed by atoms with Crippen LogP contribution in [-0.2, 0) is 11.3 Å². The largest absolute Gasteiger partial charge is 0.456 e. The Morgan fingerprint density at radius 3 is 2.68 bits per heavy atom. The first-order chi connectivity index (χ1) is 18.2. The smallest absolute Gasteiger partial charge is 0.338 e. The van der Waals surface area contributed by atoms with Crippen LogP contribution in [0.3, 0.4) is 0 Å². The number of nitrogens with zero attached hydrogens (tertiary/aromatic N) is 4. The van der Waals surface area contributed by atoms with Crippen molar-refractivity contribution in [1.82, 2.24) is 9.99 Å². The molecule has 0 spiro atoms. The van der Waals surface area contributed by atoms with Gasteiger partial charge in [0.05, 0.1) is 23.2 Å². The number of hydrazone groups is 1. The number of anilines is 1. The van der Waals surface area contributed by atoms with E-state index in [0.717, 1.165) is 30.5 Å². The Kier molecular flexibility index (Phi) is 7.14. The number of ether oxygens (including phenoxy) is 1. The lowest BCUT2D eigenvalue weighted by atomic mass is 9.88. The number of rotatable bonds is 7. The summed E-state index contributed by atoms with van der Waals surface area (Å²) in [4.78, 5) is 19.4. The Labute approximate surface area is 226 Å². The van der Waals surface area contributed by atoms with Gasteiger partial charge in [-0.25, -0.2) is 4.79 Å². The highest BCUT2D eigenvalue weighted by molar-refractivity contribution is 5.93. The maximum atomic E-state index is 12.9. The highest BCUT2D eigenvalue weighted by atomic mass is 16.6. The Balaban J connectivity index is 1.54. The maximum absolute atomic E-state index is 12.9. The number of esters is 1. The van der Waals surface area contributed by atoms with Crippen molar-refractivity contribution in [2.24, 2.45) is 16.8 Å². The Hall–Kier alpha value is -3.45. The summed E-state index contributed by atoms with van der Waals surface area (Å²) in [5.41, 5.74) is 10.5. The van der Waals surface area contributed by atoms with Gasteiger partial charge in [0.15, 0.2) is 0 Å². The van der Waals surface area contributed by atoms with Crippen LogP contribution in [0.4, 0.5) is 5.69 Å². The van der Waals surface area contributed by atoms with Crippen LogP contribution in [0.1, 0.15) is 75.7 Å². The molecule has 2 aromatic rings. The first kappa shape index (κ1) is 26.2. The summed E-state index contributed by atoms with van der Waals surface area (Å²) in [5.74, 6) is -0.195. The quantitative estimate of drug-likeness (QED) is 0.286. The lowest BCUT2D eigenvalue weighted by molar-refractivity contribution is 0.00695. The van der Waals surface area contributed by atoms with E-state index in [2.05, 4.69) is 40.0 Å². The molecule has 0 bridgehead atoms. The molecular formula is C31H39N5O2. The van der Waals surface area contributed by atoms with E-state index in [9.17, 15) is 4.79 Å². The SMILES string of the molecule is CCC1=NN(C2CCCC2)C2=CC(N)(N(Cc3cccnc3)c3cccc(C(=O)OC(C)(C)C)c3)C=CC21. The van der Waals surface area contributed by atoms with E-state index < -0.39 is 11.3 Å². The van der Waals surface area contributed by atoms with Gasteiger partial charge in [0.2, 0.25) is 0 Å². The molecule has 1 aromatic heterocycles. The van der Waals surface area contributed by atoms with Crippen LogP contribution in [0, 0.1) is 5.92 Å². The minimum atomic E-state index is -0.927. The number of carbonyl (C=O) groups is 1. The summed E-state index contributed by atoms with van der Waals surface area (Å²) in [7, 11) is 0. The molecular weight excluding hydrogens is 474 g/mol. The average molecular weight is 514 g/mol. The second-order valence-electron chi connectivity index (χ2n) is 11.5. The van der Waals surface area contributed by atoms with E-state index in [-0.39, 0.29) is 11.9 Å². The van der Waals surface area contributed by atoms with Gasteiger partial charge in [0, 0.05) is 30.3 Å². The third-order valence-corrected chi connectivity index (χ3v) is 7.47. The number of allylic oxidation sites excluding steroid dienone is 1. The van der Waals surface area contributed by atoms with Crippen molar-refractivity contribution in [3.8, 4) is 0 Å². The molecule has 2 N–H and O–H groups in total. The van der Waals surface area contributed by atoms with E-state index in [1.165, 1.54) is 24.3 Å². The fourth-order valence-electron chi connectivity index (χ4n) is 5.64. The van der Waals surface area contributed by atoms with Gasteiger partial charge in [0.25, 0.3) is 0 Å². The zero-order valence-electron chi connectivity index (χ0n) is 22.9. The molecule has 2 unspecified atom stereocenters. The normalized spacial score (nSPS) is 23.2. The van der Waals surface area contributed by atoms with E-state index in [1.807, 2.05) is 57.3 Å². The van der Waals surface area contributed by atoms with E-state index in [0.29, 0.717) is 18.2 Å². The first-order valence-electron chi connectivity index (χ1n) is 13.7. The van der Waals surface area contributed by atoms with Crippen LogP contribution in [0.2, 0.25) is 0 Å². The molecule has 38 heavy (non-hydrogen) atoms. The molecule has 1 saturated carbocycles. The number of nitrogens with two attached hydrogens (primary N) is 1. The van der Waals surface area contributed by atoms with Crippen LogP contribution in [0.5, 0.6) is 0 Å². The summed E-state index contributed by atoms with van der Waals surface area (Å²) in [6.45, 7) is 8.31. The van der Waals surface area contributed by atoms with Gasteiger partial charge in [-0.2, -0.15) is 5.10 Å². The highest BCUT2D eigenvalue weighted by Gasteiger charge is 2.41. The fraction of sp³-hybridized carbons (Fsp3) is 0.452. The van der Waals surface area contributed by atoms with Crippen LogP contribution in [0.25, 0.3) is 0 Å². The minimum absolute atomic E-state index is 0.158. The van der Waals surface area contributed by atoms with Gasteiger partial charge in [-0.1, -0.05) is 38.0 Å². The van der Waals surface area contributed by atoms with Gasteiger partial charge in [-0.05, 0) is 82.0 Å². The number of hydrogen-bond donors (Lipinski definition) is 1. The zero-order chi connectivity index (χ0) is 26.9. The van der Waals surface area contributed by atoms with Crippen molar-refractivity contribution >= 4 is 17.4 Å². The van der Waals surface area contributed by atoms with Gasteiger partial charge in [0.1, 0.15) is 11.3 Å². The van der Waals surface area contributed by atoms with Crippen LogP contribution >= 0.6 is 0 Å². The van der Waals surface area contributed by atoms with Crippen LogP contribution < -0.4 is 10.6 Å². The molecule has 3 aliphatic rings. The standard InChI is InChI=1S/C31H39N5O2/c1-5-27-26-15-16-31(32,19-28(26)36(34-27)24-12-6-7-13-24)35(21-22-10-9-17-33-20-22)25-14-8-11-23(18-25)29(37)38-30(2,3)4/h8-11,14-20,24,26H,5-7,12-13,21,32H2,1-4H3. The Bertz CT molecular complexity index is 1260.